The summed E-state index contributed by atoms with van der Waals surface area (Å²) < 4.78 is 6.05. The average molecular weight is 530 g/mol. The molecular formula is C25H28BrN3O3S. The van der Waals surface area contributed by atoms with Crippen LogP contribution in [0.2, 0.25) is 0 Å². The summed E-state index contributed by atoms with van der Waals surface area (Å²) in [5, 5.41) is 6.60. The van der Waals surface area contributed by atoms with E-state index in [1.54, 1.807) is 6.92 Å². The van der Waals surface area contributed by atoms with Crippen LogP contribution in [0.5, 0.6) is 0 Å². The van der Waals surface area contributed by atoms with Crippen molar-refractivity contribution in [3.63, 3.8) is 0 Å². The molecule has 8 heteroatoms. The minimum absolute atomic E-state index is 0.121. The average Bonchev–Trinajstić information content (AvgIpc) is 3.13. The van der Waals surface area contributed by atoms with E-state index in [-0.39, 0.29) is 25.1 Å². The normalized spacial score (nSPS) is 11.9. The summed E-state index contributed by atoms with van der Waals surface area (Å²) in [6, 6.07) is 19.9. The van der Waals surface area contributed by atoms with Gasteiger partial charge in [-0.15, -0.1) is 11.3 Å². The van der Waals surface area contributed by atoms with E-state index in [2.05, 4.69) is 43.6 Å². The third kappa shape index (κ3) is 6.51. The van der Waals surface area contributed by atoms with Gasteiger partial charge in [-0.25, -0.2) is 4.79 Å². The number of hydrogen-bond donors (Lipinski definition) is 2. The Morgan fingerprint density at radius 1 is 1.06 bits per heavy atom. The van der Waals surface area contributed by atoms with Crippen molar-refractivity contribution in [3.8, 4) is 11.1 Å². The maximum atomic E-state index is 12.8. The van der Waals surface area contributed by atoms with Crippen LogP contribution in [0, 0.1) is 0 Å². The zero-order valence-electron chi connectivity index (χ0n) is 18.9. The Morgan fingerprint density at radius 2 is 1.70 bits per heavy atom. The quantitative estimate of drug-likeness (QED) is 0.354. The van der Waals surface area contributed by atoms with E-state index in [4.69, 9.17) is 4.74 Å². The molecule has 1 aromatic heterocycles. The van der Waals surface area contributed by atoms with Crippen LogP contribution >= 0.6 is 27.3 Å². The Balaban J connectivity index is 1.73. The van der Waals surface area contributed by atoms with Crippen molar-refractivity contribution < 1.29 is 14.3 Å². The molecule has 2 N–H and O–H groups in total. The summed E-state index contributed by atoms with van der Waals surface area (Å²) in [6.07, 6.45) is 0. The minimum atomic E-state index is -0.460. The highest BCUT2D eigenvalue weighted by molar-refractivity contribution is 9.11. The molecule has 3 aromatic rings. The molecule has 3 rings (SSSR count). The van der Waals surface area contributed by atoms with Gasteiger partial charge in [-0.3, -0.25) is 4.79 Å². The first-order valence-corrected chi connectivity index (χ1v) is 12.3. The van der Waals surface area contributed by atoms with Crippen molar-refractivity contribution in [3.05, 3.63) is 75.6 Å². The monoisotopic (exact) mass is 529 g/mol. The molecule has 0 aliphatic carbocycles. The second kappa shape index (κ2) is 12.1. The van der Waals surface area contributed by atoms with Crippen LogP contribution in [0.3, 0.4) is 0 Å². The molecular weight excluding hydrogens is 502 g/mol. The number of hydrogen-bond acceptors (Lipinski definition) is 6. The van der Waals surface area contributed by atoms with E-state index >= 15 is 0 Å². The second-order valence-electron chi connectivity index (χ2n) is 7.61. The summed E-state index contributed by atoms with van der Waals surface area (Å²) in [7, 11) is 4.03. The standard InChI is InChI=1S/C25H28BrN3O3S/c1-4-32-25(31)22-21(18-13-9-6-10-14-18)23(26)33-24(22)28-20(30)16-27-15-19(29(2)3)17-11-7-5-8-12-17/h5-14,19,27H,4,15-16H2,1-3H3,(H,28,30). The molecule has 0 radical (unpaired) electrons. The SMILES string of the molecule is CCOC(=O)c1c(NC(=O)CNCC(c2ccccc2)N(C)C)sc(Br)c1-c1ccccc1. The summed E-state index contributed by atoms with van der Waals surface area (Å²) in [4.78, 5) is 27.6. The van der Waals surface area contributed by atoms with Gasteiger partial charge in [-0.05, 0) is 48.1 Å². The lowest BCUT2D eigenvalue weighted by molar-refractivity contribution is -0.115. The number of thiophene rings is 1. The largest absolute Gasteiger partial charge is 0.462 e. The van der Waals surface area contributed by atoms with Crippen molar-refractivity contribution >= 4 is 44.1 Å². The molecule has 1 unspecified atom stereocenters. The number of amides is 1. The number of anilines is 1. The van der Waals surface area contributed by atoms with Crippen LogP contribution in [0.15, 0.2) is 64.5 Å². The van der Waals surface area contributed by atoms with Crippen molar-refractivity contribution in [1.82, 2.24) is 10.2 Å². The molecule has 0 fully saturated rings. The number of carbonyl (C=O) groups is 2. The molecule has 0 aliphatic heterocycles. The Bertz CT molecular complexity index is 1070. The molecule has 2 aromatic carbocycles. The number of esters is 1. The number of ether oxygens (including phenoxy) is 1. The third-order valence-electron chi connectivity index (χ3n) is 5.09. The van der Waals surface area contributed by atoms with Crippen LogP contribution in [-0.2, 0) is 9.53 Å². The molecule has 1 heterocycles. The van der Waals surface area contributed by atoms with Crippen LogP contribution in [-0.4, -0.2) is 50.6 Å². The zero-order valence-corrected chi connectivity index (χ0v) is 21.3. The number of benzene rings is 2. The number of likely N-dealkylation sites (N-methyl/N-ethyl adjacent to an activating group) is 1. The highest BCUT2D eigenvalue weighted by Gasteiger charge is 2.26. The predicted octanol–water partition coefficient (Wildman–Crippen LogP) is 5.19. The van der Waals surface area contributed by atoms with Crippen molar-refractivity contribution in [2.24, 2.45) is 0 Å². The first-order chi connectivity index (χ1) is 15.9. The van der Waals surface area contributed by atoms with Crippen molar-refractivity contribution in [2.45, 2.75) is 13.0 Å². The van der Waals surface area contributed by atoms with E-state index in [0.29, 0.717) is 17.1 Å². The van der Waals surface area contributed by atoms with Crippen LogP contribution in [0.4, 0.5) is 5.00 Å². The van der Waals surface area contributed by atoms with Crippen LogP contribution in [0.25, 0.3) is 11.1 Å². The Hall–Kier alpha value is -2.52. The molecule has 0 aliphatic rings. The summed E-state index contributed by atoms with van der Waals surface area (Å²) in [6.45, 7) is 2.74. The maximum Gasteiger partial charge on any atom is 0.341 e. The molecule has 1 amide bonds. The van der Waals surface area contributed by atoms with Gasteiger partial charge in [0.2, 0.25) is 5.91 Å². The molecule has 33 heavy (non-hydrogen) atoms. The van der Waals surface area contributed by atoms with E-state index in [0.717, 1.165) is 14.9 Å². The molecule has 1 atom stereocenters. The summed E-state index contributed by atoms with van der Waals surface area (Å²) in [5.74, 6) is -0.683. The third-order valence-corrected chi connectivity index (χ3v) is 6.87. The first kappa shape index (κ1) is 25.1. The van der Waals surface area contributed by atoms with E-state index in [1.165, 1.54) is 16.9 Å². The summed E-state index contributed by atoms with van der Waals surface area (Å²) >= 11 is 4.87. The van der Waals surface area contributed by atoms with Crippen LogP contribution in [0.1, 0.15) is 28.9 Å². The molecule has 174 valence electrons. The number of rotatable bonds is 10. The number of nitrogens with one attached hydrogen (secondary N) is 2. The van der Waals surface area contributed by atoms with Gasteiger partial charge in [-0.1, -0.05) is 60.7 Å². The first-order valence-electron chi connectivity index (χ1n) is 10.7. The Morgan fingerprint density at radius 3 is 2.30 bits per heavy atom. The fraction of sp³-hybridized carbons (Fsp3) is 0.280. The predicted molar refractivity (Wildman–Crippen MR) is 138 cm³/mol. The van der Waals surface area contributed by atoms with Crippen molar-refractivity contribution in [1.29, 1.82) is 0 Å². The zero-order chi connectivity index (χ0) is 23.8. The highest BCUT2D eigenvalue weighted by Crippen LogP contribution is 2.44. The van der Waals surface area contributed by atoms with Gasteiger partial charge in [0.05, 0.1) is 16.9 Å². The lowest BCUT2D eigenvalue weighted by Crippen LogP contribution is -2.35. The highest BCUT2D eigenvalue weighted by atomic mass is 79.9. The lowest BCUT2D eigenvalue weighted by Gasteiger charge is -2.25. The summed E-state index contributed by atoms with van der Waals surface area (Å²) in [5.41, 5.74) is 3.14. The number of nitrogens with zero attached hydrogens (tertiary/aromatic N) is 1. The topological polar surface area (TPSA) is 70.7 Å². The smallest absolute Gasteiger partial charge is 0.341 e. The van der Waals surface area contributed by atoms with Gasteiger partial charge in [0.25, 0.3) is 0 Å². The van der Waals surface area contributed by atoms with Gasteiger partial charge >= 0.3 is 5.97 Å². The Labute approximate surface area is 207 Å². The lowest BCUT2D eigenvalue weighted by atomic mass is 10.0. The fourth-order valence-electron chi connectivity index (χ4n) is 3.52. The van der Waals surface area contributed by atoms with E-state index in [9.17, 15) is 9.59 Å². The molecule has 0 saturated heterocycles. The van der Waals surface area contributed by atoms with E-state index in [1.807, 2.05) is 62.6 Å². The van der Waals surface area contributed by atoms with Gasteiger partial charge in [0.1, 0.15) is 10.6 Å². The maximum absolute atomic E-state index is 12.8. The molecule has 6 nitrogen and oxygen atoms in total. The van der Waals surface area contributed by atoms with Gasteiger partial charge in [0.15, 0.2) is 0 Å². The minimum Gasteiger partial charge on any atom is -0.462 e. The second-order valence-corrected chi connectivity index (χ2v) is 9.95. The van der Waals surface area contributed by atoms with Gasteiger partial charge < -0.3 is 20.3 Å². The van der Waals surface area contributed by atoms with Crippen LogP contribution < -0.4 is 10.6 Å². The molecule has 0 bridgehead atoms. The van der Waals surface area contributed by atoms with Gasteiger partial charge in [-0.2, -0.15) is 0 Å². The number of carbonyl (C=O) groups excluding carboxylic acids is 2. The Kier molecular flexibility index (Phi) is 9.20. The number of halogens is 1. The van der Waals surface area contributed by atoms with Gasteiger partial charge in [0, 0.05) is 18.2 Å². The molecule has 0 saturated carbocycles. The van der Waals surface area contributed by atoms with Crippen molar-refractivity contribution in [2.75, 3.05) is 39.1 Å². The fourth-order valence-corrected chi connectivity index (χ4v) is 5.39. The molecule has 0 spiro atoms. The van der Waals surface area contributed by atoms with E-state index < -0.39 is 5.97 Å².